The molecule has 1 fully saturated rings. The van der Waals surface area contributed by atoms with Gasteiger partial charge in [0.2, 0.25) is 0 Å². The first kappa shape index (κ1) is 19.8. The molecular formula is C22H23FN2O3S. The highest BCUT2D eigenvalue weighted by Crippen LogP contribution is 2.40. The predicted molar refractivity (Wildman–Crippen MR) is 111 cm³/mol. The summed E-state index contributed by atoms with van der Waals surface area (Å²) in [6.07, 6.45) is 2.33. The van der Waals surface area contributed by atoms with Gasteiger partial charge in [0.1, 0.15) is 10.8 Å². The lowest BCUT2D eigenvalue weighted by Gasteiger charge is -2.35. The first-order valence-corrected chi connectivity index (χ1v) is 10.5. The monoisotopic (exact) mass is 414 g/mol. The molecule has 1 aromatic carbocycles. The Balaban J connectivity index is 1.75. The Morgan fingerprint density at radius 2 is 2.07 bits per heavy atom. The molecule has 29 heavy (non-hydrogen) atoms. The minimum atomic E-state index is -0.291. The van der Waals surface area contributed by atoms with Crippen LogP contribution in [0.25, 0.3) is 0 Å². The van der Waals surface area contributed by atoms with E-state index in [1.165, 1.54) is 12.3 Å². The summed E-state index contributed by atoms with van der Waals surface area (Å²) in [5, 5.41) is 3.77. The molecule has 1 unspecified atom stereocenters. The molecule has 4 rings (SSSR count). The van der Waals surface area contributed by atoms with Crippen LogP contribution in [0.3, 0.4) is 0 Å². The Bertz CT molecular complexity index is 964. The van der Waals surface area contributed by atoms with Crippen molar-refractivity contribution < 1.29 is 18.3 Å². The van der Waals surface area contributed by atoms with Gasteiger partial charge in [-0.05, 0) is 42.3 Å². The molecule has 7 heteroatoms. The van der Waals surface area contributed by atoms with Crippen molar-refractivity contribution in [1.29, 1.82) is 0 Å². The fourth-order valence-corrected chi connectivity index (χ4v) is 4.63. The zero-order valence-corrected chi connectivity index (χ0v) is 17.0. The standard InChI is InChI=1S/C22H23FN2O3S/c1-2-17-14-18(22(29-17)24-21(26)19-7-4-10-28-19)20(25-8-11-27-12-9-25)15-5-3-6-16(23)13-15/h3-7,10,13-14,20H,2,8-9,11-12H2,1H3,(H,24,26). The van der Waals surface area contributed by atoms with Crippen LogP contribution < -0.4 is 5.32 Å². The van der Waals surface area contributed by atoms with Gasteiger partial charge in [-0.1, -0.05) is 19.1 Å². The van der Waals surface area contributed by atoms with Crippen molar-refractivity contribution in [3.8, 4) is 0 Å². The molecule has 1 aliphatic rings. The molecule has 1 amide bonds. The number of amides is 1. The Hall–Kier alpha value is -2.48. The number of carbonyl (C=O) groups excluding carboxylic acids is 1. The van der Waals surface area contributed by atoms with Crippen molar-refractivity contribution in [2.24, 2.45) is 0 Å². The number of nitrogens with one attached hydrogen (secondary N) is 1. The molecule has 1 atom stereocenters. The third-order valence-corrected chi connectivity index (χ3v) is 6.21. The second-order valence-electron chi connectivity index (χ2n) is 6.89. The van der Waals surface area contributed by atoms with E-state index < -0.39 is 0 Å². The minimum Gasteiger partial charge on any atom is -0.459 e. The number of halogens is 1. The van der Waals surface area contributed by atoms with Gasteiger partial charge in [0.05, 0.1) is 25.5 Å². The molecule has 0 spiro atoms. The smallest absolute Gasteiger partial charge is 0.291 e. The number of aryl methyl sites for hydroxylation is 1. The molecule has 1 aliphatic heterocycles. The molecule has 3 aromatic rings. The van der Waals surface area contributed by atoms with E-state index in [0.717, 1.165) is 40.5 Å². The van der Waals surface area contributed by atoms with E-state index >= 15 is 0 Å². The van der Waals surface area contributed by atoms with Crippen molar-refractivity contribution >= 4 is 22.2 Å². The van der Waals surface area contributed by atoms with Crippen LogP contribution in [0, 0.1) is 5.82 Å². The molecule has 2 aromatic heterocycles. The Labute approximate surface area is 173 Å². The van der Waals surface area contributed by atoms with Crippen molar-refractivity contribution in [2.45, 2.75) is 19.4 Å². The molecular weight excluding hydrogens is 391 g/mol. The molecule has 0 aliphatic carbocycles. The summed E-state index contributed by atoms with van der Waals surface area (Å²) in [6.45, 7) is 4.82. The first-order chi connectivity index (χ1) is 14.2. The van der Waals surface area contributed by atoms with E-state index in [2.05, 4.69) is 23.2 Å². The second-order valence-corrected chi connectivity index (χ2v) is 8.02. The van der Waals surface area contributed by atoms with Gasteiger partial charge in [-0.2, -0.15) is 0 Å². The van der Waals surface area contributed by atoms with Gasteiger partial charge in [0, 0.05) is 23.5 Å². The summed E-state index contributed by atoms with van der Waals surface area (Å²) in [5.74, 6) is -0.301. The number of morpholine rings is 1. The summed E-state index contributed by atoms with van der Waals surface area (Å²) in [4.78, 5) is 16.1. The van der Waals surface area contributed by atoms with E-state index in [9.17, 15) is 9.18 Å². The third kappa shape index (κ3) is 4.42. The van der Waals surface area contributed by atoms with E-state index in [0.29, 0.717) is 13.2 Å². The Morgan fingerprint density at radius 1 is 1.24 bits per heavy atom. The molecule has 0 bridgehead atoms. The number of nitrogens with zero attached hydrogens (tertiary/aromatic N) is 1. The molecule has 1 saturated heterocycles. The number of hydrogen-bond donors (Lipinski definition) is 1. The van der Waals surface area contributed by atoms with Crippen LogP contribution in [0.15, 0.2) is 53.1 Å². The minimum absolute atomic E-state index is 0.168. The Morgan fingerprint density at radius 3 is 2.76 bits per heavy atom. The van der Waals surface area contributed by atoms with E-state index in [1.807, 2.05) is 6.07 Å². The summed E-state index contributed by atoms with van der Waals surface area (Å²) >= 11 is 1.55. The molecule has 0 saturated carbocycles. The highest BCUT2D eigenvalue weighted by molar-refractivity contribution is 7.16. The average molecular weight is 415 g/mol. The van der Waals surface area contributed by atoms with E-state index in [4.69, 9.17) is 9.15 Å². The summed E-state index contributed by atoms with van der Waals surface area (Å²) in [5.41, 5.74) is 1.83. The first-order valence-electron chi connectivity index (χ1n) is 9.70. The molecule has 152 valence electrons. The average Bonchev–Trinajstić information content (AvgIpc) is 3.40. The van der Waals surface area contributed by atoms with Gasteiger partial charge < -0.3 is 14.5 Å². The zero-order valence-electron chi connectivity index (χ0n) is 16.2. The fourth-order valence-electron chi connectivity index (χ4n) is 3.61. The van der Waals surface area contributed by atoms with Gasteiger partial charge >= 0.3 is 0 Å². The van der Waals surface area contributed by atoms with Crippen LogP contribution >= 0.6 is 11.3 Å². The van der Waals surface area contributed by atoms with Crippen molar-refractivity contribution in [3.05, 3.63) is 76.3 Å². The largest absolute Gasteiger partial charge is 0.459 e. The summed E-state index contributed by atoms with van der Waals surface area (Å²) in [6, 6.07) is 12.0. The van der Waals surface area contributed by atoms with Gasteiger partial charge in [0.15, 0.2) is 5.76 Å². The summed E-state index contributed by atoms with van der Waals surface area (Å²) in [7, 11) is 0. The second kappa shape index (κ2) is 8.90. The van der Waals surface area contributed by atoms with Crippen molar-refractivity contribution in [1.82, 2.24) is 4.90 Å². The lowest BCUT2D eigenvalue weighted by Crippen LogP contribution is -2.39. The van der Waals surface area contributed by atoms with Crippen LogP contribution in [0.4, 0.5) is 9.39 Å². The number of thiophene rings is 1. The van der Waals surface area contributed by atoms with Crippen LogP contribution in [-0.2, 0) is 11.2 Å². The Kier molecular flexibility index (Phi) is 6.08. The number of rotatable bonds is 6. The maximum atomic E-state index is 14.1. The van der Waals surface area contributed by atoms with Crippen LogP contribution in [0.2, 0.25) is 0 Å². The number of furan rings is 1. The van der Waals surface area contributed by atoms with Gasteiger partial charge in [-0.3, -0.25) is 9.69 Å². The molecule has 0 radical (unpaired) electrons. The van der Waals surface area contributed by atoms with Crippen LogP contribution in [-0.4, -0.2) is 37.1 Å². The maximum absolute atomic E-state index is 14.1. The maximum Gasteiger partial charge on any atom is 0.291 e. The van der Waals surface area contributed by atoms with Crippen molar-refractivity contribution in [2.75, 3.05) is 31.6 Å². The van der Waals surface area contributed by atoms with E-state index in [-0.39, 0.29) is 23.5 Å². The highest BCUT2D eigenvalue weighted by atomic mass is 32.1. The molecule has 5 nitrogen and oxygen atoms in total. The topological polar surface area (TPSA) is 54.7 Å². The van der Waals surface area contributed by atoms with Gasteiger partial charge in [0.25, 0.3) is 5.91 Å². The third-order valence-electron chi connectivity index (χ3n) is 5.00. The predicted octanol–water partition coefficient (Wildman–Crippen LogP) is 4.72. The fraction of sp³-hybridized carbons (Fsp3) is 0.318. The normalized spacial score (nSPS) is 15.9. The number of ether oxygens (including phenoxy) is 1. The number of hydrogen-bond acceptors (Lipinski definition) is 5. The van der Waals surface area contributed by atoms with E-state index in [1.54, 1.807) is 35.6 Å². The van der Waals surface area contributed by atoms with Gasteiger partial charge in [-0.25, -0.2) is 4.39 Å². The number of carbonyl (C=O) groups is 1. The number of anilines is 1. The van der Waals surface area contributed by atoms with Crippen LogP contribution in [0.1, 0.15) is 39.5 Å². The summed E-state index contributed by atoms with van der Waals surface area (Å²) < 4.78 is 24.8. The van der Waals surface area contributed by atoms with Gasteiger partial charge in [-0.15, -0.1) is 11.3 Å². The zero-order chi connectivity index (χ0) is 20.2. The highest BCUT2D eigenvalue weighted by Gasteiger charge is 2.29. The molecule has 1 N–H and O–H groups in total. The lowest BCUT2D eigenvalue weighted by molar-refractivity contribution is 0.0241. The lowest BCUT2D eigenvalue weighted by atomic mass is 9.97. The molecule has 3 heterocycles. The van der Waals surface area contributed by atoms with Crippen LogP contribution in [0.5, 0.6) is 0 Å². The SMILES string of the molecule is CCc1cc(C(c2cccc(F)c2)N2CCOCC2)c(NC(=O)c2ccco2)s1. The van der Waals surface area contributed by atoms with Crippen molar-refractivity contribution in [3.63, 3.8) is 0 Å². The number of benzene rings is 1. The quantitative estimate of drug-likeness (QED) is 0.634.